The van der Waals surface area contributed by atoms with Crippen LogP contribution in [0.4, 0.5) is 0 Å². The number of aliphatic hydroxyl groups excluding tert-OH is 1. The highest BCUT2D eigenvalue weighted by molar-refractivity contribution is 6.30. The van der Waals surface area contributed by atoms with E-state index in [-0.39, 0.29) is 6.61 Å². The van der Waals surface area contributed by atoms with Crippen LogP contribution < -0.4 is 5.32 Å². The second-order valence-electron chi connectivity index (χ2n) is 4.32. The molecule has 0 aliphatic heterocycles. The third-order valence-electron chi connectivity index (χ3n) is 3.25. The Labute approximate surface area is 106 Å². The van der Waals surface area contributed by atoms with E-state index in [9.17, 15) is 5.26 Å². The van der Waals surface area contributed by atoms with Crippen molar-refractivity contribution in [3.8, 4) is 6.07 Å². The Bertz CT molecular complexity index is 455. The fourth-order valence-electron chi connectivity index (χ4n) is 2.36. The van der Waals surface area contributed by atoms with Crippen LogP contribution in [0.25, 0.3) is 0 Å². The Morgan fingerprint density at radius 1 is 1.53 bits per heavy atom. The first-order valence-electron chi connectivity index (χ1n) is 5.78. The zero-order chi connectivity index (χ0) is 12.3. The minimum absolute atomic E-state index is 0.141. The van der Waals surface area contributed by atoms with Gasteiger partial charge in [-0.3, -0.25) is 5.32 Å². The molecule has 0 spiro atoms. The van der Waals surface area contributed by atoms with Crippen molar-refractivity contribution in [1.29, 1.82) is 5.26 Å². The topological polar surface area (TPSA) is 56.0 Å². The molecule has 1 aliphatic rings. The lowest BCUT2D eigenvalue weighted by Gasteiger charge is -2.23. The number of aliphatic hydroxyl groups is 1. The van der Waals surface area contributed by atoms with Crippen LogP contribution in [0.1, 0.15) is 24.0 Å². The number of nitriles is 1. The van der Waals surface area contributed by atoms with Crippen molar-refractivity contribution in [3.05, 3.63) is 34.3 Å². The smallest absolute Gasteiger partial charge is 0.132 e. The summed E-state index contributed by atoms with van der Waals surface area (Å²) in [4.78, 5) is 0. The van der Waals surface area contributed by atoms with Crippen molar-refractivity contribution < 1.29 is 5.11 Å². The molecule has 0 saturated carbocycles. The van der Waals surface area contributed by atoms with Crippen LogP contribution in [0.3, 0.4) is 0 Å². The standard InChI is InChI=1S/C13H15ClN2O/c14-11-2-3-12-10(8-11)4-5-13(12,9-15)16-6-1-7-17/h2-3,8,16-17H,1,4-7H2. The molecule has 1 atom stereocenters. The summed E-state index contributed by atoms with van der Waals surface area (Å²) in [6.07, 6.45) is 2.30. The van der Waals surface area contributed by atoms with Gasteiger partial charge >= 0.3 is 0 Å². The summed E-state index contributed by atoms with van der Waals surface area (Å²) in [7, 11) is 0. The Kier molecular flexibility index (Phi) is 3.68. The quantitative estimate of drug-likeness (QED) is 0.804. The van der Waals surface area contributed by atoms with Crippen molar-refractivity contribution >= 4 is 11.6 Å². The van der Waals surface area contributed by atoms with E-state index in [2.05, 4.69) is 11.4 Å². The maximum absolute atomic E-state index is 9.42. The molecule has 3 nitrogen and oxygen atoms in total. The number of hydrogen-bond donors (Lipinski definition) is 2. The molecule has 90 valence electrons. The van der Waals surface area contributed by atoms with Crippen LogP contribution in [-0.2, 0) is 12.0 Å². The minimum atomic E-state index is -0.602. The first kappa shape index (κ1) is 12.4. The van der Waals surface area contributed by atoms with Crippen LogP contribution in [0.15, 0.2) is 18.2 Å². The molecular weight excluding hydrogens is 236 g/mol. The summed E-state index contributed by atoms with van der Waals surface area (Å²) in [6.45, 7) is 0.786. The number of hydrogen-bond acceptors (Lipinski definition) is 3. The Morgan fingerprint density at radius 2 is 2.35 bits per heavy atom. The molecule has 2 rings (SSSR count). The highest BCUT2D eigenvalue weighted by Gasteiger charge is 2.38. The summed E-state index contributed by atoms with van der Waals surface area (Å²) >= 11 is 5.95. The predicted molar refractivity (Wildman–Crippen MR) is 66.8 cm³/mol. The van der Waals surface area contributed by atoms with E-state index in [4.69, 9.17) is 16.7 Å². The van der Waals surface area contributed by atoms with Crippen molar-refractivity contribution in [2.45, 2.75) is 24.8 Å². The maximum atomic E-state index is 9.42. The number of rotatable bonds is 4. The third kappa shape index (κ3) is 2.30. The number of nitrogens with one attached hydrogen (secondary N) is 1. The average molecular weight is 251 g/mol. The number of benzene rings is 1. The van der Waals surface area contributed by atoms with E-state index in [1.165, 1.54) is 0 Å². The van der Waals surface area contributed by atoms with Gasteiger partial charge in [0.1, 0.15) is 5.54 Å². The predicted octanol–water partition coefficient (Wildman–Crippen LogP) is 1.98. The van der Waals surface area contributed by atoms with Gasteiger partial charge in [0.2, 0.25) is 0 Å². The second kappa shape index (κ2) is 5.05. The lowest BCUT2D eigenvalue weighted by molar-refractivity contribution is 0.278. The van der Waals surface area contributed by atoms with Crippen molar-refractivity contribution in [3.63, 3.8) is 0 Å². The van der Waals surface area contributed by atoms with Gasteiger partial charge in [0.25, 0.3) is 0 Å². The Balaban J connectivity index is 2.25. The molecule has 17 heavy (non-hydrogen) atoms. The van der Waals surface area contributed by atoms with Gasteiger partial charge < -0.3 is 5.11 Å². The lowest BCUT2D eigenvalue weighted by atomic mass is 9.93. The van der Waals surface area contributed by atoms with Gasteiger partial charge in [0.05, 0.1) is 6.07 Å². The molecule has 0 heterocycles. The summed E-state index contributed by atoms with van der Waals surface area (Å²) in [5.41, 5.74) is 1.58. The second-order valence-corrected chi connectivity index (χ2v) is 4.76. The van der Waals surface area contributed by atoms with Crippen molar-refractivity contribution in [2.75, 3.05) is 13.2 Å². The molecule has 0 aromatic heterocycles. The number of fused-ring (bicyclic) bond motifs is 1. The molecule has 2 N–H and O–H groups in total. The monoisotopic (exact) mass is 250 g/mol. The highest BCUT2D eigenvalue weighted by Crippen LogP contribution is 2.37. The molecule has 1 aliphatic carbocycles. The van der Waals surface area contributed by atoms with E-state index >= 15 is 0 Å². The van der Waals surface area contributed by atoms with Gasteiger partial charge in [-0.05, 0) is 49.1 Å². The van der Waals surface area contributed by atoms with Crippen molar-refractivity contribution in [2.24, 2.45) is 0 Å². The van der Waals surface area contributed by atoms with Crippen LogP contribution in [0.5, 0.6) is 0 Å². The fraction of sp³-hybridized carbons (Fsp3) is 0.462. The molecule has 0 amide bonds. The van der Waals surface area contributed by atoms with Gasteiger partial charge in [0, 0.05) is 11.6 Å². The molecule has 1 unspecified atom stereocenters. The number of aryl methyl sites for hydroxylation is 1. The first-order valence-corrected chi connectivity index (χ1v) is 6.16. The molecule has 4 heteroatoms. The Hall–Kier alpha value is -1.08. The molecule has 0 fully saturated rings. The van der Waals surface area contributed by atoms with Gasteiger partial charge in [0.15, 0.2) is 0 Å². The van der Waals surface area contributed by atoms with Crippen LogP contribution in [-0.4, -0.2) is 18.3 Å². The summed E-state index contributed by atoms with van der Waals surface area (Å²) in [5.74, 6) is 0. The molecule has 0 bridgehead atoms. The molecule has 1 aromatic carbocycles. The normalized spacial score (nSPS) is 22.2. The summed E-state index contributed by atoms with van der Waals surface area (Å²) < 4.78 is 0. The van der Waals surface area contributed by atoms with E-state index in [1.807, 2.05) is 18.2 Å². The molecular formula is C13H15ClN2O. The SMILES string of the molecule is N#CC1(NCCCO)CCc2cc(Cl)ccc21. The van der Waals surface area contributed by atoms with Crippen molar-refractivity contribution in [1.82, 2.24) is 5.32 Å². The minimum Gasteiger partial charge on any atom is -0.396 e. The zero-order valence-corrected chi connectivity index (χ0v) is 10.3. The van der Waals surface area contributed by atoms with Gasteiger partial charge in [-0.1, -0.05) is 17.7 Å². The maximum Gasteiger partial charge on any atom is 0.132 e. The van der Waals surface area contributed by atoms with Crippen LogP contribution >= 0.6 is 11.6 Å². The number of halogens is 1. The molecule has 0 radical (unpaired) electrons. The Morgan fingerprint density at radius 3 is 3.06 bits per heavy atom. The lowest BCUT2D eigenvalue weighted by Crippen LogP contribution is -2.39. The van der Waals surface area contributed by atoms with E-state index in [0.29, 0.717) is 18.0 Å². The summed E-state index contributed by atoms with van der Waals surface area (Å²) in [6, 6.07) is 8.07. The molecule has 1 aromatic rings. The van der Waals surface area contributed by atoms with E-state index in [0.717, 1.165) is 24.0 Å². The summed E-state index contributed by atoms with van der Waals surface area (Å²) in [5, 5.41) is 22.2. The fourth-order valence-corrected chi connectivity index (χ4v) is 2.56. The zero-order valence-electron chi connectivity index (χ0n) is 9.54. The largest absolute Gasteiger partial charge is 0.396 e. The van der Waals surface area contributed by atoms with E-state index in [1.54, 1.807) is 0 Å². The van der Waals surface area contributed by atoms with Crippen LogP contribution in [0, 0.1) is 11.3 Å². The third-order valence-corrected chi connectivity index (χ3v) is 3.48. The van der Waals surface area contributed by atoms with Gasteiger partial charge in [-0.15, -0.1) is 0 Å². The number of nitrogens with zero attached hydrogens (tertiary/aromatic N) is 1. The molecule has 0 saturated heterocycles. The van der Waals surface area contributed by atoms with Gasteiger partial charge in [-0.25, -0.2) is 0 Å². The van der Waals surface area contributed by atoms with E-state index < -0.39 is 5.54 Å². The first-order chi connectivity index (χ1) is 8.22. The van der Waals surface area contributed by atoms with Gasteiger partial charge in [-0.2, -0.15) is 5.26 Å². The average Bonchev–Trinajstić information content (AvgIpc) is 2.68. The van der Waals surface area contributed by atoms with Crippen LogP contribution in [0.2, 0.25) is 5.02 Å². The highest BCUT2D eigenvalue weighted by atomic mass is 35.5.